The summed E-state index contributed by atoms with van der Waals surface area (Å²) in [6, 6.07) is 4.60. The van der Waals surface area contributed by atoms with E-state index in [9.17, 15) is 14.7 Å². The van der Waals surface area contributed by atoms with Crippen LogP contribution in [0.25, 0.3) is 0 Å². The van der Waals surface area contributed by atoms with E-state index in [0.29, 0.717) is 16.8 Å². The minimum absolute atomic E-state index is 0.00620. The Hall–Kier alpha value is -1.88. The number of amides is 2. The SMILES string of the molecule is CC(O)CN1C(=O)c2ccc(N)cc2C1=O. The quantitative estimate of drug-likeness (QED) is 0.552. The van der Waals surface area contributed by atoms with E-state index in [4.69, 9.17) is 5.73 Å². The standard InChI is InChI=1S/C11H12N2O3/c1-6(14)5-13-10(15)8-3-2-7(12)4-9(8)11(13)16/h2-4,6,14H,5,12H2,1H3. The van der Waals surface area contributed by atoms with Crippen LogP contribution in [0.5, 0.6) is 0 Å². The Morgan fingerprint density at radius 1 is 1.31 bits per heavy atom. The van der Waals surface area contributed by atoms with E-state index in [1.54, 1.807) is 6.07 Å². The number of hydrogen-bond donors (Lipinski definition) is 2. The fraction of sp³-hybridized carbons (Fsp3) is 0.273. The Morgan fingerprint density at radius 3 is 2.56 bits per heavy atom. The fourth-order valence-electron chi connectivity index (χ4n) is 1.74. The average molecular weight is 220 g/mol. The summed E-state index contributed by atoms with van der Waals surface area (Å²) in [5.41, 5.74) is 6.65. The van der Waals surface area contributed by atoms with Crippen molar-refractivity contribution in [3.05, 3.63) is 29.3 Å². The third-order valence-corrected chi connectivity index (χ3v) is 2.44. The second-order valence-corrected chi connectivity index (χ2v) is 3.87. The van der Waals surface area contributed by atoms with Gasteiger partial charge in [-0.15, -0.1) is 0 Å². The van der Waals surface area contributed by atoms with Gasteiger partial charge in [0.25, 0.3) is 11.8 Å². The van der Waals surface area contributed by atoms with Crippen LogP contribution in [0.4, 0.5) is 5.69 Å². The number of aliphatic hydroxyl groups is 1. The van der Waals surface area contributed by atoms with Crippen LogP contribution in [0.3, 0.4) is 0 Å². The summed E-state index contributed by atoms with van der Waals surface area (Å²) in [5.74, 6) is -0.769. The molecule has 1 aromatic carbocycles. The molecule has 2 rings (SSSR count). The zero-order valence-electron chi connectivity index (χ0n) is 8.80. The van der Waals surface area contributed by atoms with Gasteiger partial charge in [0.1, 0.15) is 0 Å². The zero-order valence-corrected chi connectivity index (χ0v) is 8.80. The molecule has 0 spiro atoms. The maximum Gasteiger partial charge on any atom is 0.261 e. The first-order valence-corrected chi connectivity index (χ1v) is 4.94. The predicted molar refractivity (Wildman–Crippen MR) is 57.9 cm³/mol. The maximum absolute atomic E-state index is 11.8. The molecule has 84 valence electrons. The number of carbonyl (C=O) groups is 2. The number of imide groups is 1. The predicted octanol–water partition coefficient (Wildman–Crippen LogP) is 0.246. The number of rotatable bonds is 2. The lowest BCUT2D eigenvalue weighted by Gasteiger charge is -2.15. The van der Waals surface area contributed by atoms with Crippen LogP contribution in [0.1, 0.15) is 27.6 Å². The minimum Gasteiger partial charge on any atom is -0.399 e. The van der Waals surface area contributed by atoms with Gasteiger partial charge >= 0.3 is 0 Å². The molecule has 1 aromatic rings. The topological polar surface area (TPSA) is 83.6 Å². The number of β-amino-alcohol motifs (C(OH)–C–C–N with tert-alkyl or cyclic N) is 1. The minimum atomic E-state index is -0.737. The maximum atomic E-state index is 11.8. The molecule has 1 heterocycles. The highest BCUT2D eigenvalue weighted by Gasteiger charge is 2.35. The second-order valence-electron chi connectivity index (χ2n) is 3.87. The fourth-order valence-corrected chi connectivity index (χ4v) is 1.74. The number of fused-ring (bicyclic) bond motifs is 1. The lowest BCUT2D eigenvalue weighted by atomic mass is 10.1. The van der Waals surface area contributed by atoms with Gasteiger partial charge in [-0.2, -0.15) is 0 Å². The van der Waals surface area contributed by atoms with Gasteiger partial charge in [0.05, 0.1) is 23.8 Å². The third kappa shape index (κ3) is 1.55. The number of aliphatic hydroxyl groups excluding tert-OH is 1. The smallest absolute Gasteiger partial charge is 0.261 e. The molecule has 0 aromatic heterocycles. The first-order chi connectivity index (χ1) is 7.50. The highest BCUT2D eigenvalue weighted by Crippen LogP contribution is 2.24. The van der Waals surface area contributed by atoms with Crippen molar-refractivity contribution >= 4 is 17.5 Å². The monoisotopic (exact) mass is 220 g/mol. The first-order valence-electron chi connectivity index (χ1n) is 4.94. The molecule has 0 aliphatic carbocycles. The van der Waals surface area contributed by atoms with Crippen molar-refractivity contribution in [3.63, 3.8) is 0 Å². The van der Waals surface area contributed by atoms with E-state index in [0.717, 1.165) is 4.90 Å². The van der Waals surface area contributed by atoms with Crippen molar-refractivity contribution < 1.29 is 14.7 Å². The molecule has 5 nitrogen and oxygen atoms in total. The van der Waals surface area contributed by atoms with Gasteiger partial charge in [0.2, 0.25) is 0 Å². The molecule has 1 unspecified atom stereocenters. The lowest BCUT2D eigenvalue weighted by Crippen LogP contribution is -2.35. The van der Waals surface area contributed by atoms with Crippen LogP contribution in [0, 0.1) is 0 Å². The van der Waals surface area contributed by atoms with Crippen LogP contribution in [0.15, 0.2) is 18.2 Å². The van der Waals surface area contributed by atoms with E-state index >= 15 is 0 Å². The van der Waals surface area contributed by atoms with Crippen molar-refractivity contribution in [1.82, 2.24) is 4.90 Å². The summed E-state index contributed by atoms with van der Waals surface area (Å²) >= 11 is 0. The summed E-state index contributed by atoms with van der Waals surface area (Å²) in [7, 11) is 0. The van der Waals surface area contributed by atoms with Crippen LogP contribution in [0.2, 0.25) is 0 Å². The van der Waals surface area contributed by atoms with Gasteiger partial charge in [-0.25, -0.2) is 0 Å². The Kier molecular flexibility index (Phi) is 2.40. The Labute approximate surface area is 92.5 Å². The Bertz CT molecular complexity index is 468. The van der Waals surface area contributed by atoms with Gasteiger partial charge in [0, 0.05) is 5.69 Å². The van der Waals surface area contributed by atoms with Gasteiger partial charge in [-0.3, -0.25) is 14.5 Å². The highest BCUT2D eigenvalue weighted by atomic mass is 16.3. The Balaban J connectivity index is 2.40. The summed E-state index contributed by atoms with van der Waals surface area (Å²) in [6.07, 6.45) is -0.737. The van der Waals surface area contributed by atoms with E-state index in [1.807, 2.05) is 0 Å². The summed E-state index contributed by atoms with van der Waals surface area (Å²) < 4.78 is 0. The van der Waals surface area contributed by atoms with E-state index in [-0.39, 0.29) is 12.5 Å². The molecule has 0 saturated heterocycles. The number of hydrogen-bond acceptors (Lipinski definition) is 4. The number of anilines is 1. The second kappa shape index (κ2) is 3.61. The molecule has 0 saturated carbocycles. The van der Waals surface area contributed by atoms with Crippen molar-refractivity contribution in [2.75, 3.05) is 12.3 Å². The number of benzene rings is 1. The van der Waals surface area contributed by atoms with Gasteiger partial charge in [0.15, 0.2) is 0 Å². The lowest BCUT2D eigenvalue weighted by molar-refractivity contribution is 0.0563. The third-order valence-electron chi connectivity index (χ3n) is 2.44. The molecule has 0 bridgehead atoms. The summed E-state index contributed by atoms with van der Waals surface area (Å²) in [6.45, 7) is 1.53. The number of nitrogens with zero attached hydrogens (tertiary/aromatic N) is 1. The molecule has 0 radical (unpaired) electrons. The van der Waals surface area contributed by atoms with Crippen molar-refractivity contribution in [1.29, 1.82) is 0 Å². The number of nitrogens with two attached hydrogens (primary N) is 1. The normalized spacial score (nSPS) is 16.5. The van der Waals surface area contributed by atoms with Crippen molar-refractivity contribution in [2.45, 2.75) is 13.0 Å². The highest BCUT2D eigenvalue weighted by molar-refractivity contribution is 6.21. The van der Waals surface area contributed by atoms with Crippen LogP contribution >= 0.6 is 0 Å². The molecule has 1 aliphatic rings. The molecule has 3 N–H and O–H groups in total. The largest absolute Gasteiger partial charge is 0.399 e. The summed E-state index contributed by atoms with van der Waals surface area (Å²) in [4.78, 5) is 24.7. The number of carbonyl (C=O) groups excluding carboxylic acids is 2. The molecule has 2 amide bonds. The van der Waals surface area contributed by atoms with Gasteiger partial charge in [-0.05, 0) is 25.1 Å². The van der Waals surface area contributed by atoms with Crippen LogP contribution < -0.4 is 5.73 Å². The number of nitrogen functional groups attached to an aromatic ring is 1. The van der Waals surface area contributed by atoms with E-state index < -0.39 is 12.0 Å². The molecule has 5 heteroatoms. The van der Waals surface area contributed by atoms with Crippen molar-refractivity contribution in [2.24, 2.45) is 0 Å². The molecule has 1 atom stereocenters. The molecular formula is C11H12N2O3. The molecule has 1 aliphatic heterocycles. The van der Waals surface area contributed by atoms with E-state index in [1.165, 1.54) is 19.1 Å². The molecule has 16 heavy (non-hydrogen) atoms. The zero-order chi connectivity index (χ0) is 11.9. The first kappa shape index (κ1) is 10.6. The van der Waals surface area contributed by atoms with Crippen LogP contribution in [-0.2, 0) is 0 Å². The molecule has 0 fully saturated rings. The van der Waals surface area contributed by atoms with Crippen molar-refractivity contribution in [3.8, 4) is 0 Å². The van der Waals surface area contributed by atoms with E-state index in [2.05, 4.69) is 0 Å². The van der Waals surface area contributed by atoms with Crippen LogP contribution in [-0.4, -0.2) is 34.5 Å². The molecular weight excluding hydrogens is 208 g/mol. The van der Waals surface area contributed by atoms with Gasteiger partial charge < -0.3 is 10.8 Å². The van der Waals surface area contributed by atoms with Gasteiger partial charge in [-0.1, -0.05) is 0 Å². The summed E-state index contributed by atoms with van der Waals surface area (Å²) in [5, 5.41) is 9.21. The Morgan fingerprint density at radius 2 is 1.94 bits per heavy atom. The average Bonchev–Trinajstić information content (AvgIpc) is 2.43.